The van der Waals surface area contributed by atoms with Gasteiger partial charge in [-0.1, -0.05) is 6.42 Å². The Labute approximate surface area is 131 Å². The fraction of sp³-hybridized carbons (Fsp3) is 0.588. The molecule has 2 amide bonds. The first-order valence-corrected chi connectivity index (χ1v) is 8.26. The lowest BCUT2D eigenvalue weighted by molar-refractivity contribution is -0.126. The highest BCUT2D eigenvalue weighted by molar-refractivity contribution is 5.94. The molecule has 1 saturated carbocycles. The molecule has 2 aliphatic rings. The molecule has 5 nitrogen and oxygen atoms in total. The van der Waals surface area contributed by atoms with Crippen molar-refractivity contribution in [2.24, 2.45) is 5.92 Å². The first-order chi connectivity index (χ1) is 10.8. The summed E-state index contributed by atoms with van der Waals surface area (Å²) in [6.07, 6.45) is 9.14. The van der Waals surface area contributed by atoms with Crippen LogP contribution in [0.2, 0.25) is 0 Å². The number of aromatic nitrogens is 1. The van der Waals surface area contributed by atoms with E-state index in [4.69, 9.17) is 0 Å². The zero-order valence-corrected chi connectivity index (χ0v) is 12.8. The van der Waals surface area contributed by atoms with Gasteiger partial charge in [-0.2, -0.15) is 0 Å². The van der Waals surface area contributed by atoms with Crippen molar-refractivity contribution in [2.75, 3.05) is 13.1 Å². The fourth-order valence-corrected chi connectivity index (χ4v) is 3.62. The molecule has 2 unspecified atom stereocenters. The number of carbonyl (C=O) groups excluding carboxylic acids is 2. The largest absolute Gasteiger partial charge is 0.356 e. The molecule has 2 fully saturated rings. The molecular weight excluding hydrogens is 278 g/mol. The zero-order valence-electron chi connectivity index (χ0n) is 12.8. The van der Waals surface area contributed by atoms with E-state index < -0.39 is 0 Å². The third-order valence-corrected chi connectivity index (χ3v) is 4.78. The highest BCUT2D eigenvalue weighted by Crippen LogP contribution is 2.32. The Bertz CT molecular complexity index is 532. The number of hydrogen-bond acceptors (Lipinski definition) is 3. The molecule has 1 aliphatic heterocycles. The molecule has 1 aliphatic carbocycles. The topological polar surface area (TPSA) is 62.3 Å². The number of amides is 2. The van der Waals surface area contributed by atoms with Crippen molar-refractivity contribution in [1.29, 1.82) is 0 Å². The lowest BCUT2D eigenvalue weighted by Gasteiger charge is -2.33. The SMILES string of the molecule is O=C1NCCCCCN(C(=O)c2ccncc2)C2CCCC12. The second-order valence-electron chi connectivity index (χ2n) is 6.19. The van der Waals surface area contributed by atoms with Crippen LogP contribution >= 0.6 is 0 Å². The summed E-state index contributed by atoms with van der Waals surface area (Å²) in [5, 5.41) is 3.04. The van der Waals surface area contributed by atoms with Gasteiger partial charge in [0, 0.05) is 37.1 Å². The van der Waals surface area contributed by atoms with Gasteiger partial charge in [0.2, 0.25) is 5.91 Å². The molecule has 1 saturated heterocycles. The Hall–Kier alpha value is -1.91. The first kappa shape index (κ1) is 15.0. The predicted octanol–water partition coefficient (Wildman–Crippen LogP) is 1.99. The van der Waals surface area contributed by atoms with E-state index in [1.54, 1.807) is 24.5 Å². The quantitative estimate of drug-likeness (QED) is 0.863. The van der Waals surface area contributed by atoms with E-state index in [-0.39, 0.29) is 23.8 Å². The molecule has 22 heavy (non-hydrogen) atoms. The second kappa shape index (κ2) is 6.90. The maximum Gasteiger partial charge on any atom is 0.254 e. The van der Waals surface area contributed by atoms with Crippen molar-refractivity contribution in [2.45, 2.75) is 44.6 Å². The molecule has 0 aromatic carbocycles. The summed E-state index contributed by atoms with van der Waals surface area (Å²) in [5.41, 5.74) is 0.665. The van der Waals surface area contributed by atoms with E-state index in [9.17, 15) is 9.59 Å². The molecule has 118 valence electrons. The Morgan fingerprint density at radius 1 is 1.14 bits per heavy atom. The number of hydrogen-bond donors (Lipinski definition) is 1. The molecule has 3 rings (SSSR count). The van der Waals surface area contributed by atoms with Crippen molar-refractivity contribution >= 4 is 11.8 Å². The number of nitrogens with zero attached hydrogens (tertiary/aromatic N) is 2. The maximum atomic E-state index is 12.9. The Balaban J connectivity index is 1.85. The number of carbonyl (C=O) groups is 2. The van der Waals surface area contributed by atoms with E-state index >= 15 is 0 Å². The van der Waals surface area contributed by atoms with E-state index in [0.29, 0.717) is 5.56 Å². The fourth-order valence-electron chi connectivity index (χ4n) is 3.62. The van der Waals surface area contributed by atoms with Crippen molar-refractivity contribution in [3.8, 4) is 0 Å². The van der Waals surface area contributed by atoms with Crippen LogP contribution in [0.3, 0.4) is 0 Å². The molecule has 2 atom stereocenters. The van der Waals surface area contributed by atoms with Crippen LogP contribution in [-0.4, -0.2) is 40.8 Å². The van der Waals surface area contributed by atoms with Gasteiger partial charge in [0.1, 0.15) is 0 Å². The summed E-state index contributed by atoms with van der Waals surface area (Å²) in [7, 11) is 0. The van der Waals surface area contributed by atoms with Gasteiger partial charge in [-0.25, -0.2) is 0 Å². The van der Waals surface area contributed by atoms with Crippen molar-refractivity contribution in [3.63, 3.8) is 0 Å². The van der Waals surface area contributed by atoms with E-state index in [1.165, 1.54) is 0 Å². The van der Waals surface area contributed by atoms with Crippen LogP contribution in [-0.2, 0) is 4.79 Å². The van der Waals surface area contributed by atoms with Gasteiger partial charge in [0.05, 0.1) is 5.92 Å². The highest BCUT2D eigenvalue weighted by Gasteiger charge is 2.39. The lowest BCUT2D eigenvalue weighted by atomic mass is 9.98. The number of rotatable bonds is 1. The van der Waals surface area contributed by atoms with Gasteiger partial charge >= 0.3 is 0 Å². The van der Waals surface area contributed by atoms with Crippen LogP contribution in [0.5, 0.6) is 0 Å². The predicted molar refractivity (Wildman–Crippen MR) is 83.3 cm³/mol. The number of nitrogens with one attached hydrogen (secondary N) is 1. The third kappa shape index (κ3) is 3.13. The summed E-state index contributed by atoms with van der Waals surface area (Å²) < 4.78 is 0. The second-order valence-corrected chi connectivity index (χ2v) is 6.19. The van der Waals surface area contributed by atoms with Crippen molar-refractivity contribution in [1.82, 2.24) is 15.2 Å². The smallest absolute Gasteiger partial charge is 0.254 e. The molecule has 0 spiro atoms. The van der Waals surface area contributed by atoms with Crippen LogP contribution in [0.15, 0.2) is 24.5 Å². The molecule has 1 N–H and O–H groups in total. The third-order valence-electron chi connectivity index (χ3n) is 4.78. The van der Waals surface area contributed by atoms with Gasteiger partial charge in [0.15, 0.2) is 0 Å². The number of pyridine rings is 1. The standard InChI is InChI=1S/C17H23N3O2/c21-16-14-5-4-6-15(14)20(12-3-1-2-9-19-16)17(22)13-7-10-18-11-8-13/h7-8,10-11,14-15H,1-6,9,12H2,(H,19,21). The maximum absolute atomic E-state index is 12.9. The van der Waals surface area contributed by atoms with Crippen LogP contribution in [0.25, 0.3) is 0 Å². The summed E-state index contributed by atoms with van der Waals surface area (Å²) in [6.45, 7) is 1.51. The molecule has 0 bridgehead atoms. The van der Waals surface area contributed by atoms with Gasteiger partial charge in [-0.15, -0.1) is 0 Å². The van der Waals surface area contributed by atoms with Crippen LogP contribution in [0.4, 0.5) is 0 Å². The summed E-state index contributed by atoms with van der Waals surface area (Å²) >= 11 is 0. The van der Waals surface area contributed by atoms with E-state index in [0.717, 1.165) is 51.6 Å². The van der Waals surface area contributed by atoms with Crippen LogP contribution in [0.1, 0.15) is 48.9 Å². The molecule has 5 heteroatoms. The minimum absolute atomic E-state index is 0.0349. The van der Waals surface area contributed by atoms with Gasteiger partial charge < -0.3 is 10.2 Å². The van der Waals surface area contributed by atoms with Crippen LogP contribution in [0, 0.1) is 5.92 Å². The minimum atomic E-state index is -0.0520. The summed E-state index contributed by atoms with van der Waals surface area (Å²) in [5.74, 6) is 0.105. The van der Waals surface area contributed by atoms with Crippen molar-refractivity contribution in [3.05, 3.63) is 30.1 Å². The minimum Gasteiger partial charge on any atom is -0.356 e. The molecule has 1 aromatic rings. The van der Waals surface area contributed by atoms with Gasteiger partial charge in [-0.3, -0.25) is 14.6 Å². The Morgan fingerprint density at radius 2 is 1.95 bits per heavy atom. The Morgan fingerprint density at radius 3 is 2.77 bits per heavy atom. The van der Waals surface area contributed by atoms with E-state index in [2.05, 4.69) is 10.3 Å². The average molecular weight is 301 g/mol. The number of fused-ring (bicyclic) bond motifs is 1. The monoisotopic (exact) mass is 301 g/mol. The first-order valence-electron chi connectivity index (χ1n) is 8.26. The summed E-state index contributed by atoms with van der Waals surface area (Å²) in [4.78, 5) is 31.2. The Kier molecular flexibility index (Phi) is 4.71. The zero-order chi connectivity index (χ0) is 15.4. The molecule has 0 radical (unpaired) electrons. The van der Waals surface area contributed by atoms with Gasteiger partial charge in [0.25, 0.3) is 5.91 Å². The van der Waals surface area contributed by atoms with Crippen molar-refractivity contribution < 1.29 is 9.59 Å². The van der Waals surface area contributed by atoms with E-state index in [1.807, 2.05) is 4.90 Å². The highest BCUT2D eigenvalue weighted by atomic mass is 16.2. The molecule has 1 aromatic heterocycles. The molecule has 2 heterocycles. The summed E-state index contributed by atoms with van der Waals surface area (Å²) in [6, 6.07) is 3.55. The average Bonchev–Trinajstić information content (AvgIpc) is 3.03. The lowest BCUT2D eigenvalue weighted by Crippen LogP contribution is -2.48. The van der Waals surface area contributed by atoms with Gasteiger partial charge in [-0.05, 0) is 44.2 Å². The van der Waals surface area contributed by atoms with Crippen LogP contribution < -0.4 is 5.32 Å². The normalized spacial score (nSPS) is 26.2. The molecular formula is C17H23N3O2.